The van der Waals surface area contributed by atoms with Gasteiger partial charge in [0.15, 0.2) is 5.78 Å². The van der Waals surface area contributed by atoms with Crippen molar-refractivity contribution in [3.8, 4) is 0 Å². The van der Waals surface area contributed by atoms with Crippen LogP contribution in [0.25, 0.3) is 0 Å². The van der Waals surface area contributed by atoms with Gasteiger partial charge in [-0.25, -0.2) is 0 Å². The number of benzene rings is 1. The van der Waals surface area contributed by atoms with Gasteiger partial charge in [-0.15, -0.1) is 0 Å². The summed E-state index contributed by atoms with van der Waals surface area (Å²) >= 11 is 5.97. The first-order valence-corrected chi connectivity index (χ1v) is 6.36. The Hall–Kier alpha value is -1.67. The van der Waals surface area contributed by atoms with E-state index >= 15 is 0 Å². The van der Waals surface area contributed by atoms with E-state index in [1.165, 1.54) is 0 Å². The van der Waals surface area contributed by atoms with E-state index in [4.69, 9.17) is 11.6 Å². The molecule has 2 aromatic rings. The van der Waals surface area contributed by atoms with Gasteiger partial charge in [-0.3, -0.25) is 9.78 Å². The zero-order valence-electron chi connectivity index (χ0n) is 9.77. The van der Waals surface area contributed by atoms with Crippen LogP contribution in [0.5, 0.6) is 0 Å². The third kappa shape index (κ3) is 1.93. The molecule has 0 spiro atoms. The van der Waals surface area contributed by atoms with Crippen LogP contribution in [0.3, 0.4) is 0 Å². The zero-order valence-corrected chi connectivity index (χ0v) is 10.5. The number of aryl methyl sites for hydroxylation is 1. The van der Waals surface area contributed by atoms with Crippen LogP contribution >= 0.6 is 11.6 Å². The van der Waals surface area contributed by atoms with E-state index in [-0.39, 0.29) is 11.7 Å². The summed E-state index contributed by atoms with van der Waals surface area (Å²) in [6.45, 7) is 0. The molecule has 1 heterocycles. The SMILES string of the molecule is O=C1c2cc(Cl)ccc2CCC1c1cccnc1. The Balaban J connectivity index is 2.02. The average Bonchev–Trinajstić information content (AvgIpc) is 2.41. The summed E-state index contributed by atoms with van der Waals surface area (Å²) in [5.41, 5.74) is 2.86. The van der Waals surface area contributed by atoms with Crippen molar-refractivity contribution >= 4 is 17.4 Å². The Morgan fingerprint density at radius 3 is 2.94 bits per heavy atom. The summed E-state index contributed by atoms with van der Waals surface area (Å²) in [4.78, 5) is 16.6. The standard InChI is InChI=1S/C15H12ClNO/c16-12-5-3-10-4-6-13(15(18)14(10)8-12)11-2-1-7-17-9-11/h1-3,5,7-9,13H,4,6H2. The Bertz CT molecular complexity index is 595. The minimum Gasteiger partial charge on any atom is -0.293 e. The summed E-state index contributed by atoms with van der Waals surface area (Å²) < 4.78 is 0. The lowest BCUT2D eigenvalue weighted by Crippen LogP contribution is -2.21. The second-order valence-corrected chi connectivity index (χ2v) is 4.98. The molecule has 1 aliphatic rings. The maximum Gasteiger partial charge on any atom is 0.170 e. The van der Waals surface area contributed by atoms with Crippen molar-refractivity contribution in [1.29, 1.82) is 0 Å². The molecule has 3 heteroatoms. The number of nitrogens with zero attached hydrogens (tertiary/aromatic N) is 1. The van der Waals surface area contributed by atoms with Crippen molar-refractivity contribution in [3.63, 3.8) is 0 Å². The minimum absolute atomic E-state index is 0.0790. The highest BCUT2D eigenvalue weighted by Crippen LogP contribution is 2.33. The molecule has 1 atom stereocenters. The first kappa shape index (κ1) is 11.4. The van der Waals surface area contributed by atoms with Crippen molar-refractivity contribution in [3.05, 3.63) is 64.4 Å². The summed E-state index contributed by atoms with van der Waals surface area (Å²) in [7, 11) is 0. The highest BCUT2D eigenvalue weighted by atomic mass is 35.5. The summed E-state index contributed by atoms with van der Waals surface area (Å²) in [5, 5.41) is 0.619. The molecule has 3 rings (SSSR count). The smallest absolute Gasteiger partial charge is 0.170 e. The Morgan fingerprint density at radius 2 is 2.17 bits per heavy atom. The molecule has 1 aromatic carbocycles. The maximum absolute atomic E-state index is 12.5. The second kappa shape index (κ2) is 4.54. The van der Waals surface area contributed by atoms with Crippen LogP contribution in [-0.2, 0) is 6.42 Å². The topological polar surface area (TPSA) is 30.0 Å². The van der Waals surface area contributed by atoms with Crippen molar-refractivity contribution in [1.82, 2.24) is 4.98 Å². The Kier molecular flexibility index (Phi) is 2.88. The van der Waals surface area contributed by atoms with Gasteiger partial charge in [-0.1, -0.05) is 23.7 Å². The fourth-order valence-corrected chi connectivity index (χ4v) is 2.69. The van der Waals surface area contributed by atoms with Crippen molar-refractivity contribution in [2.24, 2.45) is 0 Å². The molecule has 90 valence electrons. The maximum atomic E-state index is 12.5. The number of aromatic nitrogens is 1. The van der Waals surface area contributed by atoms with E-state index in [0.717, 1.165) is 29.5 Å². The number of hydrogen-bond donors (Lipinski definition) is 0. The molecule has 2 nitrogen and oxygen atoms in total. The molecule has 1 aliphatic carbocycles. The van der Waals surface area contributed by atoms with Crippen LogP contribution in [-0.4, -0.2) is 10.8 Å². The monoisotopic (exact) mass is 257 g/mol. The van der Waals surface area contributed by atoms with E-state index in [2.05, 4.69) is 4.98 Å². The predicted molar refractivity (Wildman–Crippen MR) is 71.1 cm³/mol. The van der Waals surface area contributed by atoms with Crippen LogP contribution in [0.2, 0.25) is 5.02 Å². The molecule has 18 heavy (non-hydrogen) atoms. The molecule has 1 unspecified atom stereocenters. The van der Waals surface area contributed by atoms with Gasteiger partial charge in [-0.2, -0.15) is 0 Å². The van der Waals surface area contributed by atoms with Crippen LogP contribution in [0.15, 0.2) is 42.7 Å². The number of carbonyl (C=O) groups excluding carboxylic acids is 1. The molecular weight excluding hydrogens is 246 g/mol. The van der Waals surface area contributed by atoms with Crippen LogP contribution in [0.1, 0.15) is 33.8 Å². The van der Waals surface area contributed by atoms with Gasteiger partial charge in [0, 0.05) is 28.9 Å². The molecule has 0 aliphatic heterocycles. The lowest BCUT2D eigenvalue weighted by atomic mass is 9.79. The van der Waals surface area contributed by atoms with E-state index in [1.54, 1.807) is 18.5 Å². The lowest BCUT2D eigenvalue weighted by molar-refractivity contribution is 0.0946. The summed E-state index contributed by atoms with van der Waals surface area (Å²) in [6.07, 6.45) is 5.26. The highest BCUT2D eigenvalue weighted by Gasteiger charge is 2.28. The zero-order chi connectivity index (χ0) is 12.5. The van der Waals surface area contributed by atoms with Gasteiger partial charge in [0.1, 0.15) is 0 Å². The molecule has 0 saturated carbocycles. The molecule has 0 radical (unpaired) electrons. The van der Waals surface area contributed by atoms with Crippen LogP contribution in [0.4, 0.5) is 0 Å². The van der Waals surface area contributed by atoms with Gasteiger partial charge >= 0.3 is 0 Å². The minimum atomic E-state index is -0.0790. The van der Waals surface area contributed by atoms with E-state index in [0.29, 0.717) is 5.02 Å². The fraction of sp³-hybridized carbons (Fsp3) is 0.200. The van der Waals surface area contributed by atoms with Gasteiger partial charge in [0.2, 0.25) is 0 Å². The van der Waals surface area contributed by atoms with Crippen molar-refractivity contribution in [2.75, 3.05) is 0 Å². The predicted octanol–water partition coefficient (Wildman–Crippen LogP) is 3.65. The number of rotatable bonds is 1. The third-order valence-electron chi connectivity index (χ3n) is 3.44. The molecule has 1 aromatic heterocycles. The molecule has 0 bridgehead atoms. The Labute approximate surface area is 111 Å². The second-order valence-electron chi connectivity index (χ2n) is 4.54. The van der Waals surface area contributed by atoms with Gasteiger partial charge in [-0.05, 0) is 42.2 Å². The number of Topliss-reactive ketones (excluding diaryl/α,β-unsaturated/α-hetero) is 1. The first-order chi connectivity index (χ1) is 8.75. The van der Waals surface area contributed by atoms with Crippen molar-refractivity contribution < 1.29 is 4.79 Å². The lowest BCUT2D eigenvalue weighted by Gasteiger charge is -2.23. The largest absolute Gasteiger partial charge is 0.293 e. The van der Waals surface area contributed by atoms with Crippen LogP contribution in [0, 0.1) is 0 Å². The first-order valence-electron chi connectivity index (χ1n) is 5.98. The number of fused-ring (bicyclic) bond motifs is 1. The average molecular weight is 258 g/mol. The molecular formula is C15H12ClNO. The van der Waals surface area contributed by atoms with Gasteiger partial charge in [0.05, 0.1) is 0 Å². The molecule has 0 saturated heterocycles. The normalized spacial score (nSPS) is 18.5. The van der Waals surface area contributed by atoms with Gasteiger partial charge < -0.3 is 0 Å². The number of pyridine rings is 1. The number of halogens is 1. The number of ketones is 1. The van der Waals surface area contributed by atoms with Crippen LogP contribution < -0.4 is 0 Å². The van der Waals surface area contributed by atoms with E-state index in [1.807, 2.05) is 24.3 Å². The summed E-state index contributed by atoms with van der Waals surface area (Å²) in [6, 6.07) is 9.41. The number of hydrogen-bond acceptors (Lipinski definition) is 2. The summed E-state index contributed by atoms with van der Waals surface area (Å²) in [5.74, 6) is 0.0800. The quantitative estimate of drug-likeness (QED) is 0.781. The highest BCUT2D eigenvalue weighted by molar-refractivity contribution is 6.31. The molecule has 0 amide bonds. The van der Waals surface area contributed by atoms with Gasteiger partial charge in [0.25, 0.3) is 0 Å². The molecule has 0 N–H and O–H groups in total. The van der Waals surface area contributed by atoms with Crippen molar-refractivity contribution in [2.45, 2.75) is 18.8 Å². The number of carbonyl (C=O) groups is 1. The fourth-order valence-electron chi connectivity index (χ4n) is 2.51. The molecule has 0 fully saturated rings. The van der Waals surface area contributed by atoms with E-state index < -0.39 is 0 Å². The van der Waals surface area contributed by atoms with E-state index in [9.17, 15) is 4.79 Å². The Morgan fingerprint density at radius 1 is 1.28 bits per heavy atom. The third-order valence-corrected chi connectivity index (χ3v) is 3.68.